The van der Waals surface area contributed by atoms with Crippen molar-refractivity contribution in [2.24, 2.45) is 5.10 Å². The minimum absolute atomic E-state index is 0.157. The summed E-state index contributed by atoms with van der Waals surface area (Å²) >= 11 is 0. The highest BCUT2D eigenvalue weighted by Gasteiger charge is 2.11. The fraction of sp³-hybridized carbons (Fsp3) is 0.0400. The van der Waals surface area contributed by atoms with E-state index in [0.29, 0.717) is 0 Å². The van der Waals surface area contributed by atoms with Gasteiger partial charge in [0, 0.05) is 11.6 Å². The number of nitrogens with zero attached hydrogens (tertiary/aromatic N) is 2. The van der Waals surface area contributed by atoms with Crippen LogP contribution < -0.4 is 5.56 Å². The Morgan fingerprint density at radius 3 is 1.82 bits per heavy atom. The lowest BCUT2D eigenvalue weighted by molar-refractivity contribution is 0.837. The van der Waals surface area contributed by atoms with Crippen LogP contribution in [0, 0.1) is 0 Å². The minimum Gasteiger partial charge on any atom is -0.267 e. The molecule has 0 spiro atoms. The smallest absolute Gasteiger partial charge is 0.267 e. The van der Waals surface area contributed by atoms with Crippen molar-refractivity contribution >= 4 is 5.71 Å². The van der Waals surface area contributed by atoms with Crippen molar-refractivity contribution in [3.05, 3.63) is 119 Å². The van der Waals surface area contributed by atoms with Gasteiger partial charge < -0.3 is 0 Å². The standard InChI is InChI=1S/C25H20N2O/c1-19(20-11-5-2-6-12-20)26-27-24(22-15-9-4-10-16-22)17-23(18-25(27)28)21-13-7-3-8-14-21/h2-18H,1H3/b26-19+. The normalized spacial score (nSPS) is 11.4. The van der Waals surface area contributed by atoms with Gasteiger partial charge in [0.1, 0.15) is 0 Å². The van der Waals surface area contributed by atoms with Gasteiger partial charge in [-0.25, -0.2) is 0 Å². The summed E-state index contributed by atoms with van der Waals surface area (Å²) in [5, 5.41) is 4.66. The van der Waals surface area contributed by atoms with Gasteiger partial charge in [-0.1, -0.05) is 91.0 Å². The molecule has 0 aliphatic heterocycles. The molecule has 0 atom stereocenters. The van der Waals surface area contributed by atoms with E-state index in [4.69, 9.17) is 0 Å². The van der Waals surface area contributed by atoms with Crippen molar-refractivity contribution in [3.63, 3.8) is 0 Å². The van der Waals surface area contributed by atoms with Gasteiger partial charge >= 0.3 is 0 Å². The molecule has 0 bridgehead atoms. The molecule has 3 aromatic carbocycles. The summed E-state index contributed by atoms with van der Waals surface area (Å²) in [4.78, 5) is 13.0. The Balaban J connectivity index is 1.92. The Labute approximate surface area is 164 Å². The van der Waals surface area contributed by atoms with Gasteiger partial charge in [0.15, 0.2) is 0 Å². The number of pyridine rings is 1. The zero-order valence-electron chi connectivity index (χ0n) is 15.6. The Kier molecular flexibility index (Phi) is 4.98. The van der Waals surface area contributed by atoms with E-state index in [1.165, 1.54) is 4.68 Å². The molecule has 4 aromatic rings. The molecule has 1 heterocycles. The predicted molar refractivity (Wildman–Crippen MR) is 116 cm³/mol. The van der Waals surface area contributed by atoms with Gasteiger partial charge in [0.25, 0.3) is 5.56 Å². The molecular formula is C25H20N2O. The van der Waals surface area contributed by atoms with Crippen molar-refractivity contribution in [2.45, 2.75) is 6.92 Å². The molecule has 1 aromatic heterocycles. The molecule has 28 heavy (non-hydrogen) atoms. The Morgan fingerprint density at radius 2 is 1.21 bits per heavy atom. The Morgan fingerprint density at radius 1 is 0.679 bits per heavy atom. The van der Waals surface area contributed by atoms with Crippen LogP contribution in [-0.2, 0) is 0 Å². The average Bonchev–Trinajstić information content (AvgIpc) is 2.76. The van der Waals surface area contributed by atoms with E-state index in [2.05, 4.69) is 5.10 Å². The third kappa shape index (κ3) is 3.69. The molecule has 0 saturated carbocycles. The van der Waals surface area contributed by atoms with Crippen molar-refractivity contribution in [3.8, 4) is 22.4 Å². The maximum Gasteiger partial charge on any atom is 0.272 e. The van der Waals surface area contributed by atoms with Crippen LogP contribution in [0.2, 0.25) is 0 Å². The zero-order valence-corrected chi connectivity index (χ0v) is 15.6. The SMILES string of the molecule is C/C(=N\n1c(-c2ccccc2)cc(-c2ccccc2)cc1=O)c1ccccc1. The Bertz CT molecular complexity index is 1160. The van der Waals surface area contributed by atoms with Gasteiger partial charge in [-0.3, -0.25) is 4.79 Å². The van der Waals surface area contributed by atoms with Crippen molar-refractivity contribution < 1.29 is 0 Å². The van der Waals surface area contributed by atoms with Crippen molar-refractivity contribution in [1.29, 1.82) is 0 Å². The predicted octanol–water partition coefficient (Wildman–Crippen LogP) is 5.45. The number of hydrogen-bond acceptors (Lipinski definition) is 2. The molecule has 136 valence electrons. The highest BCUT2D eigenvalue weighted by Crippen LogP contribution is 2.25. The first-order chi connectivity index (χ1) is 13.7. The third-order valence-electron chi connectivity index (χ3n) is 4.63. The summed E-state index contributed by atoms with van der Waals surface area (Å²) in [5.74, 6) is 0. The molecule has 0 unspecified atom stereocenters. The molecule has 0 radical (unpaired) electrons. The number of hydrogen-bond donors (Lipinski definition) is 0. The summed E-state index contributed by atoms with van der Waals surface area (Å²) in [6.45, 7) is 1.92. The number of benzene rings is 3. The van der Waals surface area contributed by atoms with E-state index >= 15 is 0 Å². The second kappa shape index (κ2) is 7.89. The second-order valence-electron chi connectivity index (χ2n) is 6.56. The first kappa shape index (κ1) is 17.7. The lowest BCUT2D eigenvalue weighted by atomic mass is 10.0. The quantitative estimate of drug-likeness (QED) is 0.443. The van der Waals surface area contributed by atoms with E-state index < -0.39 is 0 Å². The molecule has 0 aliphatic rings. The third-order valence-corrected chi connectivity index (χ3v) is 4.63. The van der Waals surface area contributed by atoms with Crippen LogP contribution in [-0.4, -0.2) is 10.4 Å². The van der Waals surface area contributed by atoms with E-state index in [9.17, 15) is 4.79 Å². The summed E-state index contributed by atoms with van der Waals surface area (Å²) in [6.07, 6.45) is 0. The molecule has 4 rings (SSSR count). The molecule has 0 fully saturated rings. The fourth-order valence-electron chi connectivity index (χ4n) is 3.17. The highest BCUT2D eigenvalue weighted by atomic mass is 16.1. The fourth-order valence-corrected chi connectivity index (χ4v) is 3.17. The van der Waals surface area contributed by atoms with Crippen LogP contribution in [0.5, 0.6) is 0 Å². The van der Waals surface area contributed by atoms with E-state index in [-0.39, 0.29) is 5.56 Å². The first-order valence-corrected chi connectivity index (χ1v) is 9.21. The largest absolute Gasteiger partial charge is 0.272 e. The topological polar surface area (TPSA) is 34.4 Å². The second-order valence-corrected chi connectivity index (χ2v) is 6.56. The summed E-state index contributed by atoms with van der Waals surface area (Å²) < 4.78 is 1.49. The maximum atomic E-state index is 13.0. The molecule has 0 saturated heterocycles. The summed E-state index contributed by atoms with van der Waals surface area (Å²) in [7, 11) is 0. The van der Waals surface area contributed by atoms with Crippen LogP contribution in [0.15, 0.2) is 113 Å². The van der Waals surface area contributed by atoms with E-state index in [0.717, 1.165) is 33.7 Å². The molecule has 0 N–H and O–H groups in total. The lowest BCUT2D eigenvalue weighted by Crippen LogP contribution is -2.19. The molecule has 3 heteroatoms. The van der Waals surface area contributed by atoms with E-state index in [1.54, 1.807) is 6.07 Å². The molecule has 3 nitrogen and oxygen atoms in total. The van der Waals surface area contributed by atoms with Gasteiger partial charge in [-0.05, 0) is 29.7 Å². The average molecular weight is 364 g/mol. The first-order valence-electron chi connectivity index (χ1n) is 9.21. The summed E-state index contributed by atoms with van der Waals surface area (Å²) in [6, 6.07) is 33.4. The van der Waals surface area contributed by atoms with Gasteiger partial charge in [0.2, 0.25) is 0 Å². The van der Waals surface area contributed by atoms with Crippen LogP contribution in [0.25, 0.3) is 22.4 Å². The van der Waals surface area contributed by atoms with Crippen LogP contribution >= 0.6 is 0 Å². The molecular weight excluding hydrogens is 344 g/mol. The van der Waals surface area contributed by atoms with Gasteiger partial charge in [-0.15, -0.1) is 0 Å². The lowest BCUT2D eigenvalue weighted by Gasteiger charge is -2.12. The van der Waals surface area contributed by atoms with Crippen molar-refractivity contribution in [2.75, 3.05) is 0 Å². The maximum absolute atomic E-state index is 13.0. The highest BCUT2D eigenvalue weighted by molar-refractivity contribution is 5.98. The Hall–Kier alpha value is -3.72. The summed E-state index contributed by atoms with van der Waals surface area (Å²) in [5.41, 5.74) is 5.22. The van der Waals surface area contributed by atoms with Crippen LogP contribution in [0.4, 0.5) is 0 Å². The van der Waals surface area contributed by atoms with Crippen LogP contribution in [0.3, 0.4) is 0 Å². The van der Waals surface area contributed by atoms with E-state index in [1.807, 2.05) is 104 Å². The monoisotopic (exact) mass is 364 g/mol. The minimum atomic E-state index is -0.157. The van der Waals surface area contributed by atoms with Crippen LogP contribution in [0.1, 0.15) is 12.5 Å². The molecule has 0 aliphatic carbocycles. The number of rotatable bonds is 4. The van der Waals surface area contributed by atoms with Gasteiger partial charge in [-0.2, -0.15) is 9.78 Å². The molecule has 0 amide bonds. The number of aromatic nitrogens is 1. The zero-order chi connectivity index (χ0) is 19.3. The van der Waals surface area contributed by atoms with Gasteiger partial charge in [0.05, 0.1) is 11.4 Å². The van der Waals surface area contributed by atoms with Crippen molar-refractivity contribution in [1.82, 2.24) is 4.68 Å².